The summed E-state index contributed by atoms with van der Waals surface area (Å²) in [5, 5.41) is 22.8. The number of thiazole rings is 1. The average Bonchev–Trinajstić information content (AvgIpc) is 3.40. The number of ether oxygens (including phenoxy) is 3. The highest BCUT2D eigenvalue weighted by molar-refractivity contribution is 7.18. The van der Waals surface area contributed by atoms with E-state index in [0.29, 0.717) is 39.6 Å². The maximum absolute atomic E-state index is 13.5. The van der Waals surface area contributed by atoms with Gasteiger partial charge in [0.15, 0.2) is 0 Å². The molecule has 9 nitrogen and oxygen atoms in total. The van der Waals surface area contributed by atoms with Gasteiger partial charge in [-0.2, -0.15) is 0 Å². The second kappa shape index (κ2) is 11.6. The quantitative estimate of drug-likeness (QED) is 0.0956. The van der Waals surface area contributed by atoms with E-state index in [0.717, 1.165) is 10.3 Å². The van der Waals surface area contributed by atoms with Crippen LogP contribution in [-0.4, -0.2) is 27.6 Å². The molecule has 0 saturated heterocycles. The first kappa shape index (κ1) is 27.3. The molecule has 0 spiro atoms. The van der Waals surface area contributed by atoms with E-state index in [1.807, 2.05) is 6.07 Å². The Kier molecular flexibility index (Phi) is 7.51. The number of fused-ring (bicyclic) bond motifs is 2. The van der Waals surface area contributed by atoms with Crippen molar-refractivity contribution in [3.05, 3.63) is 123 Å². The standard InChI is InChI=1S/C31H23FN2O7S/c32-21-4-11-28-26(14-21)33-29(42-28)17-39-24-9-10-27-25(15-24)30(35)20(16-40-27)13-18-2-1-3-19(12-18)31(36)41-23-7-5-22(6-8-23)34(37)38/h1-12,14-15,20,30,35H,13,16-17H2. The highest BCUT2D eigenvalue weighted by Gasteiger charge is 2.30. The molecule has 11 heteroatoms. The molecule has 0 fully saturated rings. The molecule has 0 saturated carbocycles. The molecular formula is C31H23FN2O7S. The van der Waals surface area contributed by atoms with Gasteiger partial charge in [-0.1, -0.05) is 12.1 Å². The number of halogens is 1. The molecular weight excluding hydrogens is 563 g/mol. The van der Waals surface area contributed by atoms with Gasteiger partial charge < -0.3 is 19.3 Å². The molecule has 5 aromatic rings. The second-order valence-electron chi connectivity index (χ2n) is 9.77. The lowest BCUT2D eigenvalue weighted by Crippen LogP contribution is -2.27. The Balaban J connectivity index is 1.11. The van der Waals surface area contributed by atoms with Crippen LogP contribution < -0.4 is 14.2 Å². The van der Waals surface area contributed by atoms with Crippen LogP contribution in [0.1, 0.15) is 32.6 Å². The highest BCUT2D eigenvalue weighted by Crippen LogP contribution is 2.39. The molecule has 212 valence electrons. The first-order valence-electron chi connectivity index (χ1n) is 13.0. The molecule has 2 atom stereocenters. The van der Waals surface area contributed by atoms with Crippen molar-refractivity contribution in [2.24, 2.45) is 5.92 Å². The number of nitrogens with zero attached hydrogens (tertiary/aromatic N) is 2. The van der Waals surface area contributed by atoms with Crippen LogP contribution in [0.5, 0.6) is 17.2 Å². The summed E-state index contributed by atoms with van der Waals surface area (Å²) in [6.45, 7) is 0.483. The summed E-state index contributed by atoms with van der Waals surface area (Å²) in [4.78, 5) is 27.4. The summed E-state index contributed by atoms with van der Waals surface area (Å²) in [7, 11) is 0. The molecule has 0 bridgehead atoms. The third-order valence-corrected chi connectivity index (χ3v) is 7.88. The first-order valence-corrected chi connectivity index (χ1v) is 13.8. The number of carbonyl (C=O) groups is 1. The van der Waals surface area contributed by atoms with Crippen LogP contribution in [0, 0.1) is 21.8 Å². The zero-order valence-electron chi connectivity index (χ0n) is 21.9. The molecule has 6 rings (SSSR count). The van der Waals surface area contributed by atoms with E-state index in [9.17, 15) is 24.4 Å². The lowest BCUT2D eigenvalue weighted by Gasteiger charge is -2.30. The van der Waals surface area contributed by atoms with E-state index < -0.39 is 17.0 Å². The number of aliphatic hydroxyl groups is 1. The Morgan fingerprint density at radius 2 is 1.88 bits per heavy atom. The smallest absolute Gasteiger partial charge is 0.343 e. The number of esters is 1. The van der Waals surface area contributed by atoms with Gasteiger partial charge in [0.25, 0.3) is 5.69 Å². The molecule has 0 amide bonds. The van der Waals surface area contributed by atoms with E-state index in [-0.39, 0.29) is 36.4 Å². The third kappa shape index (κ3) is 5.92. The van der Waals surface area contributed by atoms with E-state index in [1.165, 1.54) is 47.7 Å². The Morgan fingerprint density at radius 3 is 2.69 bits per heavy atom. The van der Waals surface area contributed by atoms with Crippen molar-refractivity contribution in [1.29, 1.82) is 0 Å². The SMILES string of the molecule is O=C(Oc1ccc([N+](=O)[O-])cc1)c1cccc(CC2COc3ccc(OCc4nc5cc(F)ccc5s4)cc3C2O)c1. The van der Waals surface area contributed by atoms with E-state index >= 15 is 0 Å². The number of rotatable bonds is 8. The molecule has 1 aromatic heterocycles. The zero-order chi connectivity index (χ0) is 29.2. The first-order chi connectivity index (χ1) is 20.3. The van der Waals surface area contributed by atoms with Gasteiger partial charge in [0, 0.05) is 29.7 Å². The Hall–Kier alpha value is -4.87. The van der Waals surface area contributed by atoms with Crippen LogP contribution in [0.25, 0.3) is 10.2 Å². The van der Waals surface area contributed by atoms with Crippen molar-refractivity contribution in [3.63, 3.8) is 0 Å². The number of hydrogen-bond donors (Lipinski definition) is 1. The molecule has 1 aliphatic rings. The van der Waals surface area contributed by atoms with E-state index in [1.54, 1.807) is 42.5 Å². The molecule has 2 unspecified atom stereocenters. The van der Waals surface area contributed by atoms with Gasteiger partial charge in [-0.15, -0.1) is 11.3 Å². The number of nitro groups is 1. The number of carbonyl (C=O) groups excluding carboxylic acids is 1. The monoisotopic (exact) mass is 586 g/mol. The Labute approximate surface area is 242 Å². The fourth-order valence-corrected chi connectivity index (χ4v) is 5.64. The van der Waals surface area contributed by atoms with Crippen molar-refractivity contribution in [2.45, 2.75) is 19.1 Å². The zero-order valence-corrected chi connectivity index (χ0v) is 22.8. The number of benzene rings is 4. The predicted molar refractivity (Wildman–Crippen MR) is 152 cm³/mol. The van der Waals surface area contributed by atoms with Crippen LogP contribution in [0.3, 0.4) is 0 Å². The van der Waals surface area contributed by atoms with Crippen LogP contribution in [0.2, 0.25) is 0 Å². The molecule has 2 heterocycles. The Morgan fingerprint density at radius 1 is 1.07 bits per heavy atom. The van der Waals surface area contributed by atoms with Gasteiger partial charge in [0.05, 0.1) is 33.4 Å². The second-order valence-corrected chi connectivity index (χ2v) is 10.9. The summed E-state index contributed by atoms with van der Waals surface area (Å²) >= 11 is 1.43. The lowest BCUT2D eigenvalue weighted by atomic mass is 9.88. The van der Waals surface area contributed by atoms with Gasteiger partial charge in [0.1, 0.15) is 34.7 Å². The third-order valence-electron chi connectivity index (χ3n) is 6.87. The molecule has 0 aliphatic carbocycles. The van der Waals surface area contributed by atoms with Crippen molar-refractivity contribution >= 4 is 33.2 Å². The van der Waals surface area contributed by atoms with Crippen molar-refractivity contribution in [3.8, 4) is 17.2 Å². The number of nitro benzene ring substituents is 1. The summed E-state index contributed by atoms with van der Waals surface area (Å²) < 4.78 is 31.6. The van der Waals surface area contributed by atoms with E-state index in [2.05, 4.69) is 4.98 Å². The van der Waals surface area contributed by atoms with Crippen molar-refractivity contribution in [1.82, 2.24) is 4.98 Å². The van der Waals surface area contributed by atoms with Gasteiger partial charge in [0.2, 0.25) is 0 Å². The minimum atomic E-state index is -0.835. The number of aromatic nitrogens is 1. The molecule has 1 aliphatic heterocycles. The average molecular weight is 587 g/mol. The summed E-state index contributed by atoms with van der Waals surface area (Å²) in [5.41, 5.74) is 2.20. The molecule has 0 radical (unpaired) electrons. The Bertz CT molecular complexity index is 1790. The number of hydrogen-bond acceptors (Lipinski definition) is 9. The fourth-order valence-electron chi connectivity index (χ4n) is 4.78. The summed E-state index contributed by atoms with van der Waals surface area (Å²) in [6.07, 6.45) is -0.398. The summed E-state index contributed by atoms with van der Waals surface area (Å²) in [5.74, 6) is 0.0797. The van der Waals surface area contributed by atoms with Gasteiger partial charge >= 0.3 is 5.97 Å². The van der Waals surface area contributed by atoms with Crippen LogP contribution in [0.4, 0.5) is 10.1 Å². The molecule has 42 heavy (non-hydrogen) atoms. The molecule has 4 aromatic carbocycles. The maximum atomic E-state index is 13.5. The fraction of sp³-hybridized carbons (Fsp3) is 0.161. The van der Waals surface area contributed by atoms with Crippen LogP contribution >= 0.6 is 11.3 Å². The van der Waals surface area contributed by atoms with E-state index in [4.69, 9.17) is 14.2 Å². The topological polar surface area (TPSA) is 121 Å². The van der Waals surface area contributed by atoms with Gasteiger partial charge in [-0.05, 0) is 66.6 Å². The predicted octanol–water partition coefficient (Wildman–Crippen LogP) is 6.43. The maximum Gasteiger partial charge on any atom is 0.343 e. The largest absolute Gasteiger partial charge is 0.493 e. The normalized spacial score (nSPS) is 16.0. The highest BCUT2D eigenvalue weighted by atomic mass is 32.1. The lowest BCUT2D eigenvalue weighted by molar-refractivity contribution is -0.384. The summed E-state index contributed by atoms with van der Waals surface area (Å²) in [6, 6.07) is 21.9. The molecule has 1 N–H and O–H groups in total. The van der Waals surface area contributed by atoms with Crippen LogP contribution in [-0.2, 0) is 13.0 Å². The van der Waals surface area contributed by atoms with Crippen LogP contribution in [0.15, 0.2) is 84.9 Å². The minimum absolute atomic E-state index is 0.101. The minimum Gasteiger partial charge on any atom is -0.493 e. The number of aliphatic hydroxyl groups excluding tert-OH is 1. The van der Waals surface area contributed by atoms with Gasteiger partial charge in [-0.3, -0.25) is 10.1 Å². The van der Waals surface area contributed by atoms with Gasteiger partial charge in [-0.25, -0.2) is 14.2 Å². The van der Waals surface area contributed by atoms with Crippen molar-refractivity contribution < 1.29 is 33.4 Å². The van der Waals surface area contributed by atoms with Crippen molar-refractivity contribution in [2.75, 3.05) is 6.61 Å². The number of non-ortho nitro benzene ring substituents is 1.